The van der Waals surface area contributed by atoms with Gasteiger partial charge in [0.15, 0.2) is 0 Å². The number of nitrogens with zero attached hydrogens (tertiary/aromatic N) is 1. The average molecular weight is 403 g/mol. The Bertz CT molecular complexity index is 1030. The van der Waals surface area contributed by atoms with E-state index in [0.717, 1.165) is 35.1 Å². The highest BCUT2D eigenvalue weighted by Gasteiger charge is 2.31. The van der Waals surface area contributed by atoms with Crippen LogP contribution < -0.4 is 15.0 Å². The van der Waals surface area contributed by atoms with Crippen molar-refractivity contribution in [1.29, 1.82) is 0 Å². The van der Waals surface area contributed by atoms with Crippen molar-refractivity contribution in [2.24, 2.45) is 0 Å². The fraction of sp³-hybridized carbons (Fsp3) is 0.286. The second-order valence-electron chi connectivity index (χ2n) is 7.11. The molecule has 5 nitrogen and oxygen atoms in total. The number of aromatic amines is 1. The molecular weight excluding hydrogens is 383 g/mol. The Morgan fingerprint density at radius 3 is 2.66 bits per heavy atom. The molecule has 1 aliphatic heterocycles. The number of aromatic nitrogens is 1. The molecule has 2 N–H and O–H groups in total. The number of hydrogen-bond acceptors (Lipinski definition) is 3. The van der Waals surface area contributed by atoms with Crippen LogP contribution in [0, 0.1) is 0 Å². The fourth-order valence-corrected chi connectivity index (χ4v) is 3.58. The number of carbonyl (C=O) groups is 1. The first kappa shape index (κ1) is 19.2. The van der Waals surface area contributed by atoms with Gasteiger partial charge >= 0.3 is 6.18 Å². The molecule has 1 amide bonds. The molecule has 2 aromatic carbocycles. The van der Waals surface area contributed by atoms with Gasteiger partial charge in [0.25, 0.3) is 0 Å². The Labute approximate surface area is 165 Å². The summed E-state index contributed by atoms with van der Waals surface area (Å²) in [5.74, 6) is 0.531. The number of rotatable bonds is 4. The first-order valence-electron chi connectivity index (χ1n) is 9.27. The lowest BCUT2D eigenvalue weighted by Crippen LogP contribution is -2.24. The van der Waals surface area contributed by atoms with Gasteiger partial charge in [0.2, 0.25) is 5.91 Å². The van der Waals surface area contributed by atoms with Crippen molar-refractivity contribution >= 4 is 28.2 Å². The summed E-state index contributed by atoms with van der Waals surface area (Å²) < 4.78 is 44.3. The number of hydrogen-bond donors (Lipinski definition) is 2. The van der Waals surface area contributed by atoms with Gasteiger partial charge in [-0.25, -0.2) is 0 Å². The molecule has 0 aliphatic carbocycles. The summed E-state index contributed by atoms with van der Waals surface area (Å²) in [6, 6.07) is 10.8. The van der Waals surface area contributed by atoms with E-state index in [1.807, 2.05) is 23.1 Å². The van der Waals surface area contributed by atoms with Gasteiger partial charge in [0.05, 0.1) is 17.8 Å². The minimum atomic E-state index is -4.33. The zero-order chi connectivity index (χ0) is 20.6. The molecule has 3 aromatic rings. The molecule has 0 saturated carbocycles. The van der Waals surface area contributed by atoms with Gasteiger partial charge < -0.3 is 19.9 Å². The monoisotopic (exact) mass is 403 g/mol. The van der Waals surface area contributed by atoms with Crippen LogP contribution in [0.4, 0.5) is 24.5 Å². The number of amides is 1. The first-order valence-corrected chi connectivity index (χ1v) is 9.27. The SMILES string of the molecule is CC(=O)Nc1c[nH]c2ccc(OC3CCN(c4ccc(C(F)(F)F)cc4)C3)cc12. The fourth-order valence-electron chi connectivity index (χ4n) is 3.58. The number of benzene rings is 2. The number of anilines is 2. The van der Waals surface area contributed by atoms with E-state index in [4.69, 9.17) is 4.74 Å². The van der Waals surface area contributed by atoms with Gasteiger partial charge in [-0.2, -0.15) is 13.2 Å². The van der Waals surface area contributed by atoms with Crippen LogP contribution in [0.1, 0.15) is 18.9 Å². The lowest BCUT2D eigenvalue weighted by atomic mass is 10.2. The number of fused-ring (bicyclic) bond motifs is 1. The van der Waals surface area contributed by atoms with Crippen molar-refractivity contribution in [3.8, 4) is 5.75 Å². The number of carbonyl (C=O) groups excluding carboxylic acids is 1. The lowest BCUT2D eigenvalue weighted by Gasteiger charge is -2.20. The van der Waals surface area contributed by atoms with Crippen LogP contribution in [-0.2, 0) is 11.0 Å². The van der Waals surface area contributed by atoms with Crippen LogP contribution in [0.2, 0.25) is 0 Å². The molecule has 8 heteroatoms. The van der Waals surface area contributed by atoms with Crippen molar-refractivity contribution < 1.29 is 22.7 Å². The normalized spacial score (nSPS) is 17.0. The summed E-state index contributed by atoms with van der Waals surface area (Å²) in [7, 11) is 0. The van der Waals surface area contributed by atoms with Crippen LogP contribution in [0.3, 0.4) is 0 Å². The number of nitrogens with one attached hydrogen (secondary N) is 2. The van der Waals surface area contributed by atoms with E-state index >= 15 is 0 Å². The van der Waals surface area contributed by atoms with E-state index in [9.17, 15) is 18.0 Å². The van der Waals surface area contributed by atoms with E-state index < -0.39 is 11.7 Å². The molecule has 0 radical (unpaired) electrons. The molecule has 4 rings (SSSR count). The summed E-state index contributed by atoms with van der Waals surface area (Å²) in [5, 5.41) is 3.63. The third-order valence-corrected chi connectivity index (χ3v) is 4.97. The second kappa shape index (κ2) is 7.35. The number of ether oxygens (including phenoxy) is 1. The molecule has 1 fully saturated rings. The number of H-pyrrole nitrogens is 1. The molecule has 2 heterocycles. The van der Waals surface area contributed by atoms with Crippen LogP contribution in [0.15, 0.2) is 48.7 Å². The molecule has 29 heavy (non-hydrogen) atoms. The van der Waals surface area contributed by atoms with Crippen LogP contribution in [-0.4, -0.2) is 30.1 Å². The van der Waals surface area contributed by atoms with Crippen LogP contribution >= 0.6 is 0 Å². The lowest BCUT2D eigenvalue weighted by molar-refractivity contribution is -0.137. The third kappa shape index (κ3) is 4.16. The van der Waals surface area contributed by atoms with Crippen molar-refractivity contribution in [1.82, 2.24) is 4.98 Å². The molecule has 0 bridgehead atoms. The standard InChI is InChI=1S/C21H20F3N3O2/c1-13(28)26-20-11-25-19-7-6-16(10-18(19)20)29-17-8-9-27(12-17)15-4-2-14(3-5-15)21(22,23)24/h2-7,10-11,17,25H,8-9,12H2,1H3,(H,26,28). The minimum Gasteiger partial charge on any atom is -0.488 e. The van der Waals surface area contributed by atoms with Crippen molar-refractivity contribution in [3.63, 3.8) is 0 Å². The quantitative estimate of drug-likeness (QED) is 0.658. The Balaban J connectivity index is 1.44. The highest BCUT2D eigenvalue weighted by molar-refractivity contribution is 6.01. The Kier molecular flexibility index (Phi) is 4.86. The smallest absolute Gasteiger partial charge is 0.416 e. The van der Waals surface area contributed by atoms with E-state index in [-0.39, 0.29) is 12.0 Å². The Hall–Kier alpha value is -3.16. The summed E-state index contributed by atoms with van der Waals surface area (Å²) >= 11 is 0. The molecule has 1 aromatic heterocycles. The predicted octanol–water partition coefficient (Wildman–Crippen LogP) is 4.80. The molecule has 1 unspecified atom stereocenters. The van der Waals surface area contributed by atoms with E-state index in [0.29, 0.717) is 24.5 Å². The van der Waals surface area contributed by atoms with Gasteiger partial charge in [0, 0.05) is 42.7 Å². The van der Waals surface area contributed by atoms with Crippen LogP contribution in [0.25, 0.3) is 10.9 Å². The third-order valence-electron chi connectivity index (χ3n) is 4.97. The highest BCUT2D eigenvalue weighted by Crippen LogP contribution is 2.32. The van der Waals surface area contributed by atoms with E-state index in [1.54, 1.807) is 6.20 Å². The average Bonchev–Trinajstić information content (AvgIpc) is 3.28. The van der Waals surface area contributed by atoms with Gasteiger partial charge in [-0.15, -0.1) is 0 Å². The largest absolute Gasteiger partial charge is 0.488 e. The maximum atomic E-state index is 12.7. The van der Waals surface area contributed by atoms with E-state index in [1.165, 1.54) is 19.1 Å². The maximum Gasteiger partial charge on any atom is 0.416 e. The van der Waals surface area contributed by atoms with Gasteiger partial charge in [-0.1, -0.05) is 0 Å². The van der Waals surface area contributed by atoms with Crippen molar-refractivity contribution in [2.45, 2.75) is 25.6 Å². The zero-order valence-corrected chi connectivity index (χ0v) is 15.7. The van der Waals surface area contributed by atoms with E-state index in [2.05, 4.69) is 10.3 Å². The van der Waals surface area contributed by atoms with Gasteiger partial charge in [-0.05, 0) is 42.5 Å². The molecule has 0 spiro atoms. The Morgan fingerprint density at radius 2 is 1.97 bits per heavy atom. The predicted molar refractivity (Wildman–Crippen MR) is 105 cm³/mol. The summed E-state index contributed by atoms with van der Waals surface area (Å²) in [4.78, 5) is 16.5. The summed E-state index contributed by atoms with van der Waals surface area (Å²) in [6.07, 6.45) is -1.90. The minimum absolute atomic E-state index is 0.0714. The summed E-state index contributed by atoms with van der Waals surface area (Å²) in [5.41, 5.74) is 1.68. The summed E-state index contributed by atoms with van der Waals surface area (Å²) in [6.45, 7) is 2.75. The van der Waals surface area contributed by atoms with Crippen molar-refractivity contribution in [3.05, 3.63) is 54.2 Å². The van der Waals surface area contributed by atoms with Gasteiger partial charge in [-0.3, -0.25) is 4.79 Å². The molecular formula is C21H20F3N3O2. The highest BCUT2D eigenvalue weighted by atomic mass is 19.4. The zero-order valence-electron chi connectivity index (χ0n) is 15.7. The molecule has 1 aliphatic rings. The topological polar surface area (TPSA) is 57.4 Å². The molecule has 1 atom stereocenters. The first-order chi connectivity index (χ1) is 13.8. The maximum absolute atomic E-state index is 12.7. The molecule has 152 valence electrons. The van der Waals surface area contributed by atoms with Crippen molar-refractivity contribution in [2.75, 3.05) is 23.3 Å². The molecule has 1 saturated heterocycles. The van der Waals surface area contributed by atoms with Gasteiger partial charge in [0.1, 0.15) is 11.9 Å². The number of alkyl halides is 3. The second-order valence-corrected chi connectivity index (χ2v) is 7.11. The van der Waals surface area contributed by atoms with Crippen LogP contribution in [0.5, 0.6) is 5.75 Å². The number of halogens is 3. The Morgan fingerprint density at radius 1 is 1.21 bits per heavy atom.